The van der Waals surface area contributed by atoms with Crippen molar-refractivity contribution < 1.29 is 8.42 Å². The van der Waals surface area contributed by atoms with Gasteiger partial charge >= 0.3 is 0 Å². The monoisotopic (exact) mass is 370 g/mol. The molecule has 132 valence electrons. The zero-order valence-electron chi connectivity index (χ0n) is 13.9. The SMILES string of the molecule is Cc1csc2nc(CN3CCCCC3CNS(C)(=O)=O)cc(=O)n12. The lowest BCUT2D eigenvalue weighted by molar-refractivity contribution is 0.140. The van der Waals surface area contributed by atoms with Crippen LogP contribution in [-0.4, -0.2) is 48.1 Å². The van der Waals surface area contributed by atoms with E-state index in [1.807, 2.05) is 12.3 Å². The molecule has 1 aliphatic heterocycles. The number of aryl methyl sites for hydroxylation is 1. The number of hydrogen-bond acceptors (Lipinski definition) is 6. The Morgan fingerprint density at radius 3 is 2.96 bits per heavy atom. The summed E-state index contributed by atoms with van der Waals surface area (Å²) in [6.07, 6.45) is 4.29. The molecule has 3 heterocycles. The summed E-state index contributed by atoms with van der Waals surface area (Å²) >= 11 is 1.46. The maximum atomic E-state index is 12.3. The first-order chi connectivity index (χ1) is 11.3. The molecule has 3 rings (SSSR count). The van der Waals surface area contributed by atoms with Gasteiger partial charge in [0.25, 0.3) is 5.56 Å². The molecule has 2 aromatic rings. The molecule has 1 fully saturated rings. The quantitative estimate of drug-likeness (QED) is 0.848. The van der Waals surface area contributed by atoms with Crippen molar-refractivity contribution in [3.05, 3.63) is 33.2 Å². The van der Waals surface area contributed by atoms with Gasteiger partial charge in [-0.1, -0.05) is 6.42 Å². The molecule has 9 heteroatoms. The normalized spacial score (nSPS) is 19.8. The minimum absolute atomic E-state index is 0.0587. The average Bonchev–Trinajstić information content (AvgIpc) is 2.87. The Morgan fingerprint density at radius 2 is 2.21 bits per heavy atom. The van der Waals surface area contributed by atoms with E-state index in [2.05, 4.69) is 14.6 Å². The first-order valence-corrected chi connectivity index (χ1v) is 10.8. The minimum atomic E-state index is -3.20. The molecule has 1 aliphatic rings. The summed E-state index contributed by atoms with van der Waals surface area (Å²) in [5.74, 6) is 0. The van der Waals surface area contributed by atoms with Crippen LogP contribution in [0, 0.1) is 6.92 Å². The Morgan fingerprint density at radius 1 is 1.42 bits per heavy atom. The summed E-state index contributed by atoms with van der Waals surface area (Å²) in [5.41, 5.74) is 1.58. The van der Waals surface area contributed by atoms with Crippen molar-refractivity contribution in [3.8, 4) is 0 Å². The number of likely N-dealkylation sites (tertiary alicyclic amines) is 1. The molecule has 7 nitrogen and oxygen atoms in total. The molecular weight excluding hydrogens is 348 g/mol. The number of rotatable bonds is 5. The number of hydrogen-bond donors (Lipinski definition) is 1. The van der Waals surface area contributed by atoms with Gasteiger partial charge in [0.05, 0.1) is 11.9 Å². The fraction of sp³-hybridized carbons (Fsp3) is 0.600. The highest BCUT2D eigenvalue weighted by Crippen LogP contribution is 2.19. The largest absolute Gasteiger partial charge is 0.293 e. The number of aromatic nitrogens is 2. The lowest BCUT2D eigenvalue weighted by Gasteiger charge is -2.35. The van der Waals surface area contributed by atoms with Gasteiger partial charge < -0.3 is 0 Å². The lowest BCUT2D eigenvalue weighted by atomic mass is 10.0. The van der Waals surface area contributed by atoms with Crippen LogP contribution in [0.3, 0.4) is 0 Å². The number of sulfonamides is 1. The van der Waals surface area contributed by atoms with Gasteiger partial charge in [0.2, 0.25) is 10.0 Å². The topological polar surface area (TPSA) is 83.8 Å². The molecule has 0 bridgehead atoms. The Kier molecular flexibility index (Phi) is 5.05. The van der Waals surface area contributed by atoms with Crippen LogP contribution in [0.2, 0.25) is 0 Å². The molecule has 1 unspecified atom stereocenters. The van der Waals surface area contributed by atoms with Crippen LogP contribution in [0.4, 0.5) is 0 Å². The standard InChI is InChI=1S/C15H22N4O3S2/c1-11-10-23-15-17-12(7-14(20)19(11)15)9-18-6-4-3-5-13(18)8-16-24(2,21)22/h7,10,13,16H,3-6,8-9H2,1-2H3. The van der Waals surface area contributed by atoms with Crippen molar-refractivity contribution in [2.45, 2.75) is 38.8 Å². The molecule has 2 aromatic heterocycles. The highest BCUT2D eigenvalue weighted by atomic mass is 32.2. The van der Waals surface area contributed by atoms with Crippen LogP contribution >= 0.6 is 11.3 Å². The number of nitrogens with zero attached hydrogens (tertiary/aromatic N) is 3. The summed E-state index contributed by atoms with van der Waals surface area (Å²) < 4.78 is 26.9. The zero-order valence-corrected chi connectivity index (χ0v) is 15.5. The fourth-order valence-electron chi connectivity index (χ4n) is 3.14. The molecule has 0 aliphatic carbocycles. The fourth-order valence-corrected chi connectivity index (χ4v) is 4.52. The third-order valence-electron chi connectivity index (χ3n) is 4.32. The third kappa shape index (κ3) is 4.02. The minimum Gasteiger partial charge on any atom is -0.293 e. The first kappa shape index (κ1) is 17.5. The van der Waals surface area contributed by atoms with Crippen LogP contribution < -0.4 is 10.3 Å². The van der Waals surface area contributed by atoms with Crippen LogP contribution in [0.5, 0.6) is 0 Å². The van der Waals surface area contributed by atoms with Gasteiger partial charge in [-0.2, -0.15) is 0 Å². The summed E-state index contributed by atoms with van der Waals surface area (Å²) in [6.45, 7) is 3.75. The van der Waals surface area contributed by atoms with Gasteiger partial charge in [0, 0.05) is 36.3 Å². The van der Waals surface area contributed by atoms with E-state index in [1.54, 1.807) is 10.5 Å². The number of nitrogens with one attached hydrogen (secondary N) is 1. The Bertz CT molecular complexity index is 888. The zero-order chi connectivity index (χ0) is 17.3. The lowest BCUT2D eigenvalue weighted by Crippen LogP contribution is -2.46. The first-order valence-electron chi connectivity index (χ1n) is 7.99. The Labute approximate surface area is 145 Å². The highest BCUT2D eigenvalue weighted by molar-refractivity contribution is 7.88. The van der Waals surface area contributed by atoms with Crippen LogP contribution in [0.15, 0.2) is 16.2 Å². The smallest absolute Gasteiger partial charge is 0.259 e. The van der Waals surface area contributed by atoms with E-state index in [1.165, 1.54) is 17.6 Å². The summed E-state index contributed by atoms with van der Waals surface area (Å²) in [5, 5.41) is 1.92. The molecular formula is C15H22N4O3S2. The molecule has 0 aromatic carbocycles. The van der Waals surface area contributed by atoms with E-state index in [0.717, 1.165) is 37.2 Å². The van der Waals surface area contributed by atoms with E-state index >= 15 is 0 Å². The molecule has 0 saturated carbocycles. The van der Waals surface area contributed by atoms with Gasteiger partial charge in [0.15, 0.2) is 4.96 Å². The molecule has 1 N–H and O–H groups in total. The van der Waals surface area contributed by atoms with Crippen LogP contribution in [-0.2, 0) is 16.6 Å². The van der Waals surface area contributed by atoms with E-state index in [-0.39, 0.29) is 11.6 Å². The number of fused-ring (bicyclic) bond motifs is 1. The van der Waals surface area contributed by atoms with Crippen molar-refractivity contribution in [2.75, 3.05) is 19.3 Å². The van der Waals surface area contributed by atoms with Crippen LogP contribution in [0.25, 0.3) is 4.96 Å². The summed E-state index contributed by atoms with van der Waals surface area (Å²) in [4.78, 5) is 19.8. The second-order valence-corrected chi connectivity index (χ2v) is 8.99. The van der Waals surface area contributed by atoms with Gasteiger partial charge in [-0.3, -0.25) is 14.1 Å². The van der Waals surface area contributed by atoms with Gasteiger partial charge in [-0.15, -0.1) is 11.3 Å². The summed E-state index contributed by atoms with van der Waals surface area (Å²) in [6, 6.07) is 1.72. The molecule has 0 radical (unpaired) electrons. The van der Waals surface area contributed by atoms with E-state index in [9.17, 15) is 13.2 Å². The molecule has 0 spiro atoms. The maximum Gasteiger partial charge on any atom is 0.259 e. The predicted octanol–water partition coefficient (Wildman–Crippen LogP) is 0.968. The average molecular weight is 371 g/mol. The highest BCUT2D eigenvalue weighted by Gasteiger charge is 2.24. The second-order valence-electron chi connectivity index (χ2n) is 6.32. The van der Waals surface area contributed by atoms with Crippen molar-refractivity contribution in [1.82, 2.24) is 19.0 Å². The number of piperidine rings is 1. The van der Waals surface area contributed by atoms with E-state index < -0.39 is 10.0 Å². The van der Waals surface area contributed by atoms with Gasteiger partial charge in [-0.05, 0) is 26.3 Å². The number of thiazole rings is 1. The maximum absolute atomic E-state index is 12.3. The summed E-state index contributed by atoms with van der Waals surface area (Å²) in [7, 11) is -3.20. The third-order valence-corrected chi connectivity index (χ3v) is 5.96. The van der Waals surface area contributed by atoms with Gasteiger partial charge in [0.1, 0.15) is 0 Å². The Hall–Kier alpha value is -1.29. The van der Waals surface area contributed by atoms with Crippen molar-refractivity contribution in [1.29, 1.82) is 0 Å². The molecule has 0 amide bonds. The Balaban J connectivity index is 1.79. The van der Waals surface area contributed by atoms with E-state index in [4.69, 9.17) is 0 Å². The molecule has 1 atom stereocenters. The van der Waals surface area contributed by atoms with Gasteiger partial charge in [-0.25, -0.2) is 18.1 Å². The van der Waals surface area contributed by atoms with Crippen molar-refractivity contribution in [2.24, 2.45) is 0 Å². The molecule has 24 heavy (non-hydrogen) atoms. The van der Waals surface area contributed by atoms with Crippen molar-refractivity contribution in [3.63, 3.8) is 0 Å². The van der Waals surface area contributed by atoms with Crippen LogP contribution in [0.1, 0.15) is 30.7 Å². The second kappa shape index (κ2) is 6.91. The molecule has 1 saturated heterocycles. The predicted molar refractivity (Wildman–Crippen MR) is 95.0 cm³/mol. The van der Waals surface area contributed by atoms with Crippen molar-refractivity contribution >= 4 is 26.3 Å². The van der Waals surface area contributed by atoms with E-state index in [0.29, 0.717) is 18.1 Å².